The second-order valence-electron chi connectivity index (χ2n) is 3.33. The van der Waals surface area contributed by atoms with Crippen LogP contribution in [0.5, 0.6) is 0 Å². The highest BCUT2D eigenvalue weighted by Crippen LogP contribution is 1.93. The number of hydrogen-bond donors (Lipinski definition) is 1. The Kier molecular flexibility index (Phi) is 3.20. The van der Waals surface area contributed by atoms with Gasteiger partial charge in [-0.1, -0.05) is 6.92 Å². The average Bonchev–Trinajstić information content (AvgIpc) is 2.86. The Hall–Kier alpha value is -1.83. The van der Waals surface area contributed by atoms with Gasteiger partial charge in [-0.2, -0.15) is 9.90 Å². The molecule has 0 aliphatic carbocycles. The normalized spacial score (nSPS) is 10.9. The molecule has 2 heterocycles. The van der Waals surface area contributed by atoms with Crippen LogP contribution in [-0.2, 0) is 20.1 Å². The molecule has 0 atom stereocenters. The molecule has 0 amide bonds. The summed E-state index contributed by atoms with van der Waals surface area (Å²) >= 11 is 0. The summed E-state index contributed by atoms with van der Waals surface area (Å²) in [6, 6.07) is 0. The summed E-state index contributed by atoms with van der Waals surface area (Å²) in [6.45, 7) is 4.12. The molecule has 0 fully saturated rings. The quantitative estimate of drug-likeness (QED) is 0.695. The fourth-order valence-electron chi connectivity index (χ4n) is 1.26. The van der Waals surface area contributed by atoms with Gasteiger partial charge in [0.25, 0.3) is 0 Å². The smallest absolute Gasteiger partial charge is 0.196 e. The van der Waals surface area contributed by atoms with Crippen LogP contribution >= 0.6 is 0 Å². The largest absolute Gasteiger partial charge is 0.310 e. The van der Waals surface area contributed by atoms with Crippen LogP contribution in [0.3, 0.4) is 0 Å². The fourth-order valence-corrected chi connectivity index (χ4v) is 1.26. The van der Waals surface area contributed by atoms with E-state index in [9.17, 15) is 0 Å². The molecule has 0 saturated heterocycles. The molecule has 0 bridgehead atoms. The molecule has 1 N–H and O–H groups in total. The van der Waals surface area contributed by atoms with E-state index in [1.165, 1.54) is 4.80 Å². The van der Waals surface area contributed by atoms with Gasteiger partial charge in [-0.05, 0) is 11.8 Å². The number of rotatable bonds is 5. The van der Waals surface area contributed by atoms with Gasteiger partial charge in [0.1, 0.15) is 12.9 Å². The standard InChI is InChI=1S/C8H14N8/c1-3-9-4-7-10-6-16(13-7)5-8-11-14-15(2)12-8/h6,9H,3-5H2,1-2H3. The maximum Gasteiger partial charge on any atom is 0.196 e. The summed E-state index contributed by atoms with van der Waals surface area (Å²) in [5.74, 6) is 1.40. The van der Waals surface area contributed by atoms with E-state index in [4.69, 9.17) is 0 Å². The Balaban J connectivity index is 1.97. The van der Waals surface area contributed by atoms with E-state index < -0.39 is 0 Å². The lowest BCUT2D eigenvalue weighted by Gasteiger charge is -1.95. The summed E-state index contributed by atoms with van der Waals surface area (Å²) in [6.07, 6.45) is 1.67. The SMILES string of the molecule is CCNCc1ncn(Cc2nnn(C)n2)n1. The molecule has 0 aliphatic rings. The molecule has 8 nitrogen and oxygen atoms in total. The first-order chi connectivity index (χ1) is 7.78. The lowest BCUT2D eigenvalue weighted by Crippen LogP contribution is -2.13. The summed E-state index contributed by atoms with van der Waals surface area (Å²) in [5, 5.41) is 19.1. The second kappa shape index (κ2) is 4.79. The molecule has 8 heteroatoms. The van der Waals surface area contributed by atoms with E-state index in [2.05, 4.69) is 30.8 Å². The molecule has 0 unspecified atom stereocenters. The Bertz CT molecular complexity index is 444. The van der Waals surface area contributed by atoms with Crippen LogP contribution in [0.2, 0.25) is 0 Å². The molecule has 2 rings (SSSR count). The first-order valence-electron chi connectivity index (χ1n) is 5.10. The van der Waals surface area contributed by atoms with Gasteiger partial charge in [-0.15, -0.1) is 10.2 Å². The third kappa shape index (κ3) is 2.60. The number of aromatic nitrogens is 7. The van der Waals surface area contributed by atoms with Crippen molar-refractivity contribution in [1.82, 2.24) is 40.3 Å². The molecular weight excluding hydrogens is 208 g/mol. The highest BCUT2D eigenvalue weighted by Gasteiger charge is 2.04. The minimum atomic E-state index is 0.493. The fraction of sp³-hybridized carbons (Fsp3) is 0.625. The van der Waals surface area contributed by atoms with E-state index in [-0.39, 0.29) is 0 Å². The Morgan fingerprint density at radius 3 is 2.88 bits per heavy atom. The van der Waals surface area contributed by atoms with Crippen molar-refractivity contribution in [3.8, 4) is 0 Å². The van der Waals surface area contributed by atoms with Crippen LogP contribution in [0, 0.1) is 0 Å². The second-order valence-corrected chi connectivity index (χ2v) is 3.33. The van der Waals surface area contributed by atoms with E-state index in [1.807, 2.05) is 6.92 Å². The van der Waals surface area contributed by atoms with Gasteiger partial charge in [-0.3, -0.25) is 0 Å². The minimum absolute atomic E-state index is 0.493. The van der Waals surface area contributed by atoms with Crippen molar-refractivity contribution in [3.63, 3.8) is 0 Å². The third-order valence-electron chi connectivity index (χ3n) is 1.97. The van der Waals surface area contributed by atoms with E-state index >= 15 is 0 Å². The molecule has 2 aromatic rings. The lowest BCUT2D eigenvalue weighted by molar-refractivity contribution is 0.609. The van der Waals surface area contributed by atoms with Crippen LogP contribution in [0.25, 0.3) is 0 Å². The number of nitrogens with zero attached hydrogens (tertiary/aromatic N) is 7. The molecule has 0 aromatic carbocycles. The van der Waals surface area contributed by atoms with Crippen molar-refractivity contribution in [2.45, 2.75) is 20.0 Å². The van der Waals surface area contributed by atoms with Gasteiger partial charge in [0.2, 0.25) is 0 Å². The topological polar surface area (TPSA) is 86.3 Å². The Labute approximate surface area is 92.7 Å². The molecular formula is C8H14N8. The van der Waals surface area contributed by atoms with Crippen molar-refractivity contribution in [1.29, 1.82) is 0 Å². The molecule has 0 aliphatic heterocycles. The first kappa shape index (κ1) is 10.7. The highest BCUT2D eigenvalue weighted by molar-refractivity contribution is 4.84. The molecule has 0 saturated carbocycles. The summed E-state index contributed by atoms with van der Waals surface area (Å²) in [7, 11) is 1.73. The number of aryl methyl sites for hydroxylation is 1. The molecule has 2 aromatic heterocycles. The summed E-state index contributed by atoms with van der Waals surface area (Å²) < 4.78 is 1.70. The zero-order valence-corrected chi connectivity index (χ0v) is 9.33. The van der Waals surface area contributed by atoms with Crippen molar-refractivity contribution >= 4 is 0 Å². The average molecular weight is 222 g/mol. The number of tetrazole rings is 1. The third-order valence-corrected chi connectivity index (χ3v) is 1.97. The van der Waals surface area contributed by atoms with Gasteiger partial charge in [-0.25, -0.2) is 9.67 Å². The first-order valence-corrected chi connectivity index (χ1v) is 5.10. The van der Waals surface area contributed by atoms with Gasteiger partial charge >= 0.3 is 0 Å². The van der Waals surface area contributed by atoms with Crippen molar-refractivity contribution in [2.75, 3.05) is 6.54 Å². The maximum absolute atomic E-state index is 4.28. The number of nitrogens with one attached hydrogen (secondary N) is 1. The highest BCUT2D eigenvalue weighted by atomic mass is 15.6. The van der Waals surface area contributed by atoms with Crippen molar-refractivity contribution in [2.24, 2.45) is 7.05 Å². The molecule has 0 radical (unpaired) electrons. The zero-order chi connectivity index (χ0) is 11.4. The molecule has 0 spiro atoms. The van der Waals surface area contributed by atoms with Crippen LogP contribution in [0.15, 0.2) is 6.33 Å². The van der Waals surface area contributed by atoms with E-state index in [1.54, 1.807) is 18.1 Å². The summed E-state index contributed by atoms with van der Waals surface area (Å²) in [5.41, 5.74) is 0. The van der Waals surface area contributed by atoms with Gasteiger partial charge in [0.05, 0.1) is 13.6 Å². The predicted molar refractivity (Wildman–Crippen MR) is 55.3 cm³/mol. The van der Waals surface area contributed by atoms with Crippen LogP contribution in [0.4, 0.5) is 0 Å². The zero-order valence-electron chi connectivity index (χ0n) is 9.33. The van der Waals surface area contributed by atoms with Crippen LogP contribution < -0.4 is 5.32 Å². The van der Waals surface area contributed by atoms with Crippen molar-refractivity contribution in [3.05, 3.63) is 18.0 Å². The summed E-state index contributed by atoms with van der Waals surface area (Å²) in [4.78, 5) is 5.59. The van der Waals surface area contributed by atoms with Gasteiger partial charge < -0.3 is 5.32 Å². The van der Waals surface area contributed by atoms with E-state index in [0.717, 1.165) is 12.4 Å². The Morgan fingerprint density at radius 2 is 2.19 bits per heavy atom. The van der Waals surface area contributed by atoms with Gasteiger partial charge in [0.15, 0.2) is 11.6 Å². The monoisotopic (exact) mass is 222 g/mol. The maximum atomic E-state index is 4.28. The Morgan fingerprint density at radius 1 is 1.31 bits per heavy atom. The van der Waals surface area contributed by atoms with Crippen LogP contribution in [-0.4, -0.2) is 41.5 Å². The lowest BCUT2D eigenvalue weighted by atomic mass is 10.6. The van der Waals surface area contributed by atoms with Crippen molar-refractivity contribution < 1.29 is 0 Å². The predicted octanol–water partition coefficient (Wildman–Crippen LogP) is -1.04. The molecule has 16 heavy (non-hydrogen) atoms. The van der Waals surface area contributed by atoms with E-state index in [0.29, 0.717) is 18.9 Å². The van der Waals surface area contributed by atoms with Gasteiger partial charge in [0, 0.05) is 0 Å². The molecule has 86 valence electrons. The van der Waals surface area contributed by atoms with Crippen LogP contribution in [0.1, 0.15) is 18.6 Å². The number of hydrogen-bond acceptors (Lipinski definition) is 6. The minimum Gasteiger partial charge on any atom is -0.310 e.